The molecule has 2 aliphatic heterocycles. The molecule has 0 radical (unpaired) electrons. The summed E-state index contributed by atoms with van der Waals surface area (Å²) in [7, 11) is 5.49. The van der Waals surface area contributed by atoms with Crippen molar-refractivity contribution in [2.45, 2.75) is 57.3 Å². The molecule has 2 aromatic rings. The lowest BCUT2D eigenvalue weighted by atomic mass is 9.93. The SMILES string of the molecule is CC1CCc2c(N3CCC(O)CC3)c(F)cc3c(=O)c(C(=O)OC(CC(=O)[O-])C[N+](C)(C)C)cn1c23. The molecule has 1 aromatic heterocycles. The van der Waals surface area contributed by atoms with Crippen LogP contribution in [0.25, 0.3) is 10.9 Å². The second kappa shape index (κ2) is 9.82. The lowest BCUT2D eigenvalue weighted by Crippen LogP contribution is -2.45. The number of carbonyl (C=O) groups excluding carboxylic acids is 2. The van der Waals surface area contributed by atoms with E-state index in [1.807, 2.05) is 37.5 Å². The average Bonchev–Trinajstić information content (AvgIpc) is 2.76. The van der Waals surface area contributed by atoms with Gasteiger partial charge in [0.2, 0.25) is 5.43 Å². The van der Waals surface area contributed by atoms with Crippen LogP contribution in [0.4, 0.5) is 10.1 Å². The minimum absolute atomic E-state index is 0.0427. The number of aryl methyl sites for hydroxylation is 1. The molecular formula is C26H34FN3O6. The number of carboxylic acid groups (broad SMARTS) is 1. The first kappa shape index (κ1) is 26.1. The zero-order valence-electron chi connectivity index (χ0n) is 21.3. The van der Waals surface area contributed by atoms with Gasteiger partial charge in [-0.2, -0.15) is 0 Å². The van der Waals surface area contributed by atoms with Crippen LogP contribution in [-0.2, 0) is 16.0 Å². The zero-order chi connectivity index (χ0) is 26.4. The van der Waals surface area contributed by atoms with Crippen LogP contribution in [0.2, 0.25) is 0 Å². The predicted molar refractivity (Wildman–Crippen MR) is 130 cm³/mol. The van der Waals surface area contributed by atoms with E-state index < -0.39 is 41.8 Å². The molecule has 0 aliphatic carbocycles. The van der Waals surface area contributed by atoms with E-state index in [1.165, 1.54) is 12.3 Å². The van der Waals surface area contributed by atoms with Crippen molar-refractivity contribution in [3.8, 4) is 0 Å². The number of esters is 1. The Kier molecular flexibility index (Phi) is 7.12. The Morgan fingerprint density at radius 1 is 1.25 bits per heavy atom. The number of ether oxygens (including phenoxy) is 1. The highest BCUT2D eigenvalue weighted by atomic mass is 19.1. The molecule has 2 unspecified atom stereocenters. The molecule has 9 nitrogen and oxygen atoms in total. The highest BCUT2D eigenvalue weighted by Gasteiger charge is 2.31. The number of hydrogen-bond acceptors (Lipinski definition) is 7. The molecule has 1 aromatic carbocycles. The summed E-state index contributed by atoms with van der Waals surface area (Å²) in [6, 6.07) is 1.15. The molecule has 3 heterocycles. The second-order valence-corrected chi connectivity index (χ2v) is 11.0. The Labute approximate surface area is 209 Å². The van der Waals surface area contributed by atoms with E-state index in [4.69, 9.17) is 4.74 Å². The van der Waals surface area contributed by atoms with Gasteiger partial charge in [0, 0.05) is 48.7 Å². The molecule has 1 fully saturated rings. The van der Waals surface area contributed by atoms with Crippen molar-refractivity contribution in [1.29, 1.82) is 0 Å². The number of nitrogens with zero attached hydrogens (tertiary/aromatic N) is 3. The molecule has 36 heavy (non-hydrogen) atoms. The molecule has 0 amide bonds. The van der Waals surface area contributed by atoms with E-state index in [0.29, 0.717) is 54.5 Å². The Morgan fingerprint density at radius 2 is 1.92 bits per heavy atom. The smallest absolute Gasteiger partial charge is 0.344 e. The summed E-state index contributed by atoms with van der Waals surface area (Å²) >= 11 is 0. The number of hydrogen-bond donors (Lipinski definition) is 1. The van der Waals surface area contributed by atoms with Crippen LogP contribution >= 0.6 is 0 Å². The number of rotatable bonds is 7. The highest BCUT2D eigenvalue weighted by molar-refractivity contribution is 5.96. The van der Waals surface area contributed by atoms with Crippen LogP contribution in [0.15, 0.2) is 17.1 Å². The minimum atomic E-state index is -1.36. The van der Waals surface area contributed by atoms with Crippen molar-refractivity contribution >= 4 is 28.5 Å². The van der Waals surface area contributed by atoms with Crippen LogP contribution < -0.4 is 15.4 Å². The van der Waals surface area contributed by atoms with Gasteiger partial charge >= 0.3 is 5.97 Å². The van der Waals surface area contributed by atoms with Crippen molar-refractivity contribution in [3.63, 3.8) is 0 Å². The van der Waals surface area contributed by atoms with E-state index in [1.54, 1.807) is 0 Å². The summed E-state index contributed by atoms with van der Waals surface area (Å²) in [4.78, 5) is 39.7. The van der Waals surface area contributed by atoms with Crippen molar-refractivity contribution in [3.05, 3.63) is 39.4 Å². The summed E-state index contributed by atoms with van der Waals surface area (Å²) in [5.74, 6) is -2.82. The van der Waals surface area contributed by atoms with Crippen LogP contribution in [0.5, 0.6) is 0 Å². The molecular weight excluding hydrogens is 469 g/mol. The quantitative estimate of drug-likeness (QED) is 0.443. The van der Waals surface area contributed by atoms with Gasteiger partial charge < -0.3 is 33.7 Å². The lowest BCUT2D eigenvalue weighted by molar-refractivity contribution is -0.873. The van der Waals surface area contributed by atoms with Gasteiger partial charge in [-0.15, -0.1) is 0 Å². The number of benzene rings is 1. The maximum absolute atomic E-state index is 15.5. The number of aromatic nitrogens is 1. The van der Waals surface area contributed by atoms with E-state index in [-0.39, 0.29) is 23.5 Å². The molecule has 1 saturated heterocycles. The van der Waals surface area contributed by atoms with Gasteiger partial charge in [0.25, 0.3) is 0 Å². The number of aliphatic hydroxyl groups is 1. The van der Waals surface area contributed by atoms with Crippen LogP contribution in [-0.4, -0.2) is 79.1 Å². The number of aliphatic hydroxyl groups excluding tert-OH is 1. The minimum Gasteiger partial charge on any atom is -0.550 e. The Balaban J connectivity index is 1.78. The molecule has 2 atom stereocenters. The first-order chi connectivity index (χ1) is 16.9. The number of anilines is 1. The third-order valence-electron chi connectivity index (χ3n) is 7.05. The summed E-state index contributed by atoms with van der Waals surface area (Å²) in [6.45, 7) is 3.22. The summed E-state index contributed by atoms with van der Waals surface area (Å²) < 4.78 is 23.2. The molecule has 0 spiro atoms. The average molecular weight is 504 g/mol. The zero-order valence-corrected chi connectivity index (χ0v) is 21.3. The Bertz CT molecular complexity index is 1240. The molecule has 0 saturated carbocycles. The van der Waals surface area contributed by atoms with Gasteiger partial charge in [-0.25, -0.2) is 9.18 Å². The fraction of sp³-hybridized carbons (Fsp3) is 0.577. The van der Waals surface area contributed by atoms with Crippen LogP contribution in [0.3, 0.4) is 0 Å². The predicted octanol–water partition coefficient (Wildman–Crippen LogP) is 0.981. The Hall–Kier alpha value is -2.98. The van der Waals surface area contributed by atoms with Crippen molar-refractivity contribution in [2.75, 3.05) is 45.7 Å². The molecule has 10 heteroatoms. The van der Waals surface area contributed by atoms with E-state index >= 15 is 4.39 Å². The largest absolute Gasteiger partial charge is 0.550 e. The first-order valence-electron chi connectivity index (χ1n) is 12.4. The summed E-state index contributed by atoms with van der Waals surface area (Å²) in [5, 5.41) is 21.2. The topological polar surface area (TPSA) is 112 Å². The molecule has 196 valence electrons. The third kappa shape index (κ3) is 5.24. The Morgan fingerprint density at radius 3 is 2.53 bits per heavy atom. The number of carbonyl (C=O) groups is 2. The second-order valence-electron chi connectivity index (χ2n) is 11.0. The number of pyridine rings is 1. The van der Waals surface area contributed by atoms with Crippen LogP contribution in [0, 0.1) is 5.82 Å². The summed E-state index contributed by atoms with van der Waals surface area (Å²) in [6.07, 6.45) is 1.96. The van der Waals surface area contributed by atoms with Gasteiger partial charge in [0.05, 0.1) is 38.5 Å². The number of likely N-dealkylation sites (N-methyl/N-ethyl adjacent to an activating group) is 1. The van der Waals surface area contributed by atoms with E-state index in [9.17, 15) is 24.6 Å². The normalized spacial score (nSPS) is 19.4. The molecule has 4 rings (SSSR count). The molecule has 0 bridgehead atoms. The third-order valence-corrected chi connectivity index (χ3v) is 7.05. The van der Waals surface area contributed by atoms with Gasteiger partial charge in [-0.05, 0) is 38.7 Å². The van der Waals surface area contributed by atoms with Crippen molar-refractivity contribution < 1.29 is 33.4 Å². The van der Waals surface area contributed by atoms with Crippen molar-refractivity contribution in [1.82, 2.24) is 4.57 Å². The van der Waals surface area contributed by atoms with Gasteiger partial charge in [0.1, 0.15) is 17.9 Å². The van der Waals surface area contributed by atoms with Crippen LogP contribution in [0.1, 0.15) is 54.6 Å². The monoisotopic (exact) mass is 503 g/mol. The van der Waals surface area contributed by atoms with Gasteiger partial charge in [0.15, 0.2) is 6.10 Å². The summed E-state index contributed by atoms with van der Waals surface area (Å²) in [5.41, 5.74) is 0.910. The van der Waals surface area contributed by atoms with E-state index in [0.717, 1.165) is 5.56 Å². The number of halogens is 1. The maximum Gasteiger partial charge on any atom is 0.344 e. The van der Waals surface area contributed by atoms with Gasteiger partial charge in [-0.1, -0.05) is 0 Å². The first-order valence-corrected chi connectivity index (χ1v) is 12.4. The maximum atomic E-state index is 15.5. The molecule has 1 N–H and O–H groups in total. The number of aliphatic carboxylic acids is 1. The number of carboxylic acids is 1. The van der Waals surface area contributed by atoms with Crippen molar-refractivity contribution in [2.24, 2.45) is 0 Å². The fourth-order valence-corrected chi connectivity index (χ4v) is 5.37. The molecule has 2 aliphatic rings. The highest BCUT2D eigenvalue weighted by Crippen LogP contribution is 2.39. The standard InChI is InChI=1S/C26H34FN3O6/c1-15-5-6-18-23-19(12-21(27)24(18)28-9-7-16(31)8-10-28)25(34)20(13-29(15)23)26(35)36-17(11-22(32)33)14-30(2,3)4/h12-13,15-17,31H,5-11,14H2,1-4H3. The fourth-order valence-electron chi connectivity index (χ4n) is 5.37. The number of quaternary nitrogens is 1. The number of piperidine rings is 1. The lowest BCUT2D eigenvalue weighted by Gasteiger charge is -2.36. The van der Waals surface area contributed by atoms with Gasteiger partial charge in [-0.3, -0.25) is 4.79 Å². The van der Waals surface area contributed by atoms with E-state index in [2.05, 4.69) is 0 Å².